The van der Waals surface area contributed by atoms with Crippen molar-refractivity contribution in [3.63, 3.8) is 0 Å². The van der Waals surface area contributed by atoms with Crippen LogP contribution in [0.5, 0.6) is 0 Å². The van der Waals surface area contributed by atoms with Crippen molar-refractivity contribution in [2.45, 2.75) is 44.6 Å². The molecule has 0 aromatic carbocycles. The summed E-state index contributed by atoms with van der Waals surface area (Å²) in [4.78, 5) is 25.6. The van der Waals surface area contributed by atoms with Crippen LogP contribution in [0.3, 0.4) is 0 Å². The molecule has 0 aliphatic heterocycles. The Balaban J connectivity index is 2.04. The van der Waals surface area contributed by atoms with Gasteiger partial charge in [0.25, 0.3) is 0 Å². The Bertz CT molecular complexity index is 303. The minimum absolute atomic E-state index is 0.0359. The van der Waals surface area contributed by atoms with E-state index in [-0.39, 0.29) is 11.9 Å². The van der Waals surface area contributed by atoms with E-state index in [1.807, 2.05) is 7.05 Å². The molecule has 0 aromatic heterocycles. The lowest BCUT2D eigenvalue weighted by atomic mass is 10.0. The van der Waals surface area contributed by atoms with Gasteiger partial charge in [-0.2, -0.15) is 0 Å². The second-order valence-electron chi connectivity index (χ2n) is 4.93. The maximum Gasteiger partial charge on any atom is 0.321 e. The van der Waals surface area contributed by atoms with Crippen molar-refractivity contribution in [1.29, 1.82) is 0 Å². The molecule has 0 heterocycles. The lowest BCUT2D eigenvalue weighted by Gasteiger charge is -2.27. The zero-order chi connectivity index (χ0) is 11.8. The zero-order valence-electron chi connectivity index (χ0n) is 9.99. The molecule has 2 saturated carbocycles. The number of hydrogen-bond acceptors (Lipinski definition) is 3. The second kappa shape index (κ2) is 4.07. The first-order chi connectivity index (χ1) is 7.62. The third-order valence-corrected chi connectivity index (χ3v) is 3.93. The van der Waals surface area contributed by atoms with Crippen molar-refractivity contribution in [3.05, 3.63) is 0 Å². The minimum Gasteiger partial charge on any atom is -0.468 e. The molecule has 2 aliphatic carbocycles. The van der Waals surface area contributed by atoms with Crippen LogP contribution in [0.4, 0.5) is 0 Å². The summed E-state index contributed by atoms with van der Waals surface area (Å²) in [5.74, 6) is -0.395. The molecule has 0 radical (unpaired) electrons. The molecule has 0 atom stereocenters. The van der Waals surface area contributed by atoms with Crippen LogP contribution in [0, 0.1) is 5.41 Å². The lowest BCUT2D eigenvalue weighted by Crippen LogP contribution is -2.43. The molecular weight excluding hydrogens is 206 g/mol. The highest BCUT2D eigenvalue weighted by Gasteiger charge is 2.59. The van der Waals surface area contributed by atoms with Gasteiger partial charge in [-0.1, -0.05) is 12.8 Å². The van der Waals surface area contributed by atoms with Crippen molar-refractivity contribution in [2.75, 3.05) is 14.2 Å². The van der Waals surface area contributed by atoms with E-state index >= 15 is 0 Å². The summed E-state index contributed by atoms with van der Waals surface area (Å²) in [5.41, 5.74) is -0.827. The summed E-state index contributed by atoms with van der Waals surface area (Å²) >= 11 is 0. The smallest absolute Gasteiger partial charge is 0.321 e. The Morgan fingerprint density at radius 3 is 2.25 bits per heavy atom. The molecule has 0 spiro atoms. The van der Waals surface area contributed by atoms with E-state index in [1.54, 1.807) is 4.90 Å². The van der Waals surface area contributed by atoms with E-state index in [9.17, 15) is 9.59 Å². The van der Waals surface area contributed by atoms with Gasteiger partial charge in [-0.3, -0.25) is 9.59 Å². The fourth-order valence-corrected chi connectivity index (χ4v) is 2.62. The molecule has 4 heteroatoms. The summed E-state index contributed by atoms with van der Waals surface area (Å²) in [7, 11) is 3.17. The largest absolute Gasteiger partial charge is 0.468 e. The Morgan fingerprint density at radius 1 is 1.25 bits per heavy atom. The zero-order valence-corrected chi connectivity index (χ0v) is 9.99. The van der Waals surface area contributed by atoms with Crippen molar-refractivity contribution >= 4 is 11.9 Å². The van der Waals surface area contributed by atoms with Gasteiger partial charge in [0, 0.05) is 13.1 Å². The monoisotopic (exact) mass is 225 g/mol. The predicted octanol–water partition coefficient (Wildman–Crippen LogP) is 1.34. The van der Waals surface area contributed by atoms with Gasteiger partial charge in [-0.25, -0.2) is 0 Å². The average molecular weight is 225 g/mol. The lowest BCUT2D eigenvalue weighted by molar-refractivity contribution is -0.156. The topological polar surface area (TPSA) is 46.6 Å². The second-order valence-corrected chi connectivity index (χ2v) is 4.93. The maximum atomic E-state index is 12.2. The standard InChI is InChI=1S/C12H19NO3/c1-13(9-5-3-4-6-9)10(14)12(7-8-12)11(15)16-2/h9H,3-8H2,1-2H3. The summed E-state index contributed by atoms with van der Waals surface area (Å²) in [6, 6.07) is 0.328. The Hall–Kier alpha value is -1.06. The van der Waals surface area contributed by atoms with Gasteiger partial charge in [0.1, 0.15) is 5.41 Å². The third kappa shape index (κ3) is 1.70. The quantitative estimate of drug-likeness (QED) is 0.538. The molecule has 2 aliphatic rings. The van der Waals surface area contributed by atoms with Crippen LogP contribution in [0.2, 0.25) is 0 Å². The molecule has 90 valence electrons. The number of rotatable bonds is 3. The van der Waals surface area contributed by atoms with E-state index < -0.39 is 5.41 Å². The van der Waals surface area contributed by atoms with Crippen molar-refractivity contribution in [2.24, 2.45) is 5.41 Å². The molecule has 4 nitrogen and oxygen atoms in total. The number of nitrogens with zero attached hydrogens (tertiary/aromatic N) is 1. The van der Waals surface area contributed by atoms with E-state index in [4.69, 9.17) is 4.74 Å². The number of amides is 1. The predicted molar refractivity (Wildman–Crippen MR) is 58.7 cm³/mol. The van der Waals surface area contributed by atoms with Gasteiger partial charge in [0.15, 0.2) is 0 Å². The van der Waals surface area contributed by atoms with E-state index in [0.717, 1.165) is 12.8 Å². The van der Waals surface area contributed by atoms with Gasteiger partial charge in [0.2, 0.25) is 5.91 Å². The molecule has 0 bridgehead atoms. The van der Waals surface area contributed by atoms with Crippen molar-refractivity contribution < 1.29 is 14.3 Å². The molecule has 0 N–H and O–H groups in total. The molecule has 0 unspecified atom stereocenters. The van der Waals surface area contributed by atoms with Crippen LogP contribution in [-0.2, 0) is 14.3 Å². The van der Waals surface area contributed by atoms with E-state index in [0.29, 0.717) is 18.9 Å². The Morgan fingerprint density at radius 2 is 1.81 bits per heavy atom. The van der Waals surface area contributed by atoms with Crippen LogP contribution in [0.25, 0.3) is 0 Å². The van der Waals surface area contributed by atoms with Gasteiger partial charge >= 0.3 is 5.97 Å². The minimum atomic E-state index is -0.827. The van der Waals surface area contributed by atoms with Crippen LogP contribution in [-0.4, -0.2) is 37.0 Å². The SMILES string of the molecule is COC(=O)C1(C(=O)N(C)C2CCCC2)CC1. The van der Waals surface area contributed by atoms with Crippen LogP contribution in [0.1, 0.15) is 38.5 Å². The molecule has 1 amide bonds. The summed E-state index contributed by atoms with van der Waals surface area (Å²) in [5, 5.41) is 0. The van der Waals surface area contributed by atoms with Crippen LogP contribution >= 0.6 is 0 Å². The van der Waals surface area contributed by atoms with Gasteiger partial charge in [-0.15, -0.1) is 0 Å². The molecule has 2 rings (SSSR count). The third-order valence-electron chi connectivity index (χ3n) is 3.93. The molecular formula is C12H19NO3. The van der Waals surface area contributed by atoms with Crippen molar-refractivity contribution in [3.8, 4) is 0 Å². The fraction of sp³-hybridized carbons (Fsp3) is 0.833. The number of esters is 1. The Kier molecular flexibility index (Phi) is 2.91. The summed E-state index contributed by atoms with van der Waals surface area (Å²) in [6.07, 6.45) is 5.81. The van der Waals surface area contributed by atoms with Gasteiger partial charge in [-0.05, 0) is 25.7 Å². The normalized spacial score (nSPS) is 22.9. The number of carbonyl (C=O) groups is 2. The van der Waals surface area contributed by atoms with E-state index in [1.165, 1.54) is 20.0 Å². The maximum absolute atomic E-state index is 12.2. The highest BCUT2D eigenvalue weighted by atomic mass is 16.5. The number of methoxy groups -OCH3 is 1. The first-order valence-corrected chi connectivity index (χ1v) is 5.97. The van der Waals surface area contributed by atoms with E-state index in [2.05, 4.69) is 0 Å². The summed E-state index contributed by atoms with van der Waals surface area (Å²) < 4.78 is 4.73. The van der Waals surface area contributed by atoms with Gasteiger partial charge < -0.3 is 9.64 Å². The molecule has 0 aromatic rings. The number of carbonyl (C=O) groups excluding carboxylic acids is 2. The summed E-state index contributed by atoms with van der Waals surface area (Å²) in [6.45, 7) is 0. The molecule has 2 fully saturated rings. The molecule has 0 saturated heterocycles. The molecule has 16 heavy (non-hydrogen) atoms. The Labute approximate surface area is 95.9 Å². The number of ether oxygens (including phenoxy) is 1. The van der Waals surface area contributed by atoms with Crippen molar-refractivity contribution in [1.82, 2.24) is 4.90 Å². The first kappa shape index (κ1) is 11.4. The van der Waals surface area contributed by atoms with Crippen LogP contribution < -0.4 is 0 Å². The number of hydrogen-bond donors (Lipinski definition) is 0. The first-order valence-electron chi connectivity index (χ1n) is 5.97. The average Bonchev–Trinajstić information content (AvgIpc) is 2.94. The van der Waals surface area contributed by atoms with Gasteiger partial charge in [0.05, 0.1) is 7.11 Å². The fourth-order valence-electron chi connectivity index (χ4n) is 2.62. The van der Waals surface area contributed by atoms with Crippen LogP contribution in [0.15, 0.2) is 0 Å². The highest BCUT2D eigenvalue weighted by Crippen LogP contribution is 2.48. The highest BCUT2D eigenvalue weighted by molar-refractivity contribution is 6.05.